The topological polar surface area (TPSA) is 111 Å². The first-order chi connectivity index (χ1) is 11.0. The van der Waals surface area contributed by atoms with Crippen LogP contribution in [0.25, 0.3) is 10.2 Å². The van der Waals surface area contributed by atoms with E-state index in [2.05, 4.69) is 10.1 Å². The van der Waals surface area contributed by atoms with Gasteiger partial charge >= 0.3 is 5.69 Å². The zero-order valence-electron chi connectivity index (χ0n) is 11.8. The summed E-state index contributed by atoms with van der Waals surface area (Å²) < 4.78 is 1.13. The second-order valence-corrected chi connectivity index (χ2v) is 5.56. The van der Waals surface area contributed by atoms with Crippen molar-refractivity contribution in [3.63, 3.8) is 0 Å². The number of nitro groups is 1. The maximum absolute atomic E-state index is 12.3. The first-order valence-electron chi connectivity index (χ1n) is 6.46. The highest BCUT2D eigenvalue weighted by molar-refractivity contribution is 7.16. The quantitative estimate of drug-likeness (QED) is 0.450. The molecule has 0 aliphatic heterocycles. The van der Waals surface area contributed by atoms with Gasteiger partial charge < -0.3 is 5.11 Å². The van der Waals surface area contributed by atoms with Crippen molar-refractivity contribution >= 4 is 33.5 Å². The Hall–Kier alpha value is -3.07. The van der Waals surface area contributed by atoms with Crippen molar-refractivity contribution in [2.24, 2.45) is 5.10 Å². The van der Waals surface area contributed by atoms with Gasteiger partial charge in [-0.05, 0) is 30.5 Å². The Bertz CT molecular complexity index is 1010. The van der Waals surface area contributed by atoms with E-state index in [1.807, 2.05) is 0 Å². The number of aromatic hydroxyl groups is 1. The average Bonchev–Trinajstić information content (AvgIpc) is 2.96. The Labute approximate surface area is 133 Å². The van der Waals surface area contributed by atoms with Crippen molar-refractivity contribution in [3.8, 4) is 5.75 Å². The van der Waals surface area contributed by atoms with Crippen molar-refractivity contribution in [2.45, 2.75) is 6.92 Å². The molecular weight excluding hydrogens is 320 g/mol. The summed E-state index contributed by atoms with van der Waals surface area (Å²) in [5.74, 6) is -0.0173. The van der Waals surface area contributed by atoms with Gasteiger partial charge in [0, 0.05) is 11.6 Å². The normalized spacial score (nSPS) is 11.3. The second-order valence-electron chi connectivity index (χ2n) is 4.67. The Kier molecular flexibility index (Phi) is 3.62. The lowest BCUT2D eigenvalue weighted by atomic mass is 10.2. The van der Waals surface area contributed by atoms with Crippen LogP contribution in [0, 0.1) is 17.0 Å². The minimum Gasteiger partial charge on any atom is -0.502 e. The van der Waals surface area contributed by atoms with Crippen LogP contribution in [0.2, 0.25) is 0 Å². The van der Waals surface area contributed by atoms with Crippen LogP contribution >= 0.6 is 11.3 Å². The van der Waals surface area contributed by atoms with Crippen LogP contribution in [0.3, 0.4) is 0 Å². The highest BCUT2D eigenvalue weighted by Gasteiger charge is 2.13. The Balaban J connectivity index is 2.05. The van der Waals surface area contributed by atoms with Crippen molar-refractivity contribution in [1.82, 2.24) is 9.66 Å². The summed E-state index contributed by atoms with van der Waals surface area (Å²) >= 11 is 1.37. The molecule has 0 bridgehead atoms. The second kappa shape index (κ2) is 5.61. The van der Waals surface area contributed by atoms with E-state index in [9.17, 15) is 20.0 Å². The molecule has 0 aliphatic carbocycles. The number of phenolic OH excluding ortho intramolecular Hbond substituents is 1. The van der Waals surface area contributed by atoms with Crippen LogP contribution in [-0.4, -0.2) is 25.9 Å². The monoisotopic (exact) mass is 330 g/mol. The molecule has 23 heavy (non-hydrogen) atoms. The fraction of sp³-hybridized carbons (Fsp3) is 0.0714. The van der Waals surface area contributed by atoms with Crippen molar-refractivity contribution in [1.29, 1.82) is 0 Å². The minimum atomic E-state index is -0.691. The minimum absolute atomic E-state index is 0.307. The highest BCUT2D eigenvalue weighted by Crippen LogP contribution is 2.25. The number of phenols is 1. The molecule has 1 N–H and O–H groups in total. The number of thiophene rings is 1. The lowest BCUT2D eigenvalue weighted by Gasteiger charge is -2.03. The third-order valence-electron chi connectivity index (χ3n) is 3.16. The number of aryl methyl sites for hydroxylation is 1. The maximum atomic E-state index is 12.3. The molecule has 0 amide bonds. The largest absolute Gasteiger partial charge is 0.502 e. The molecule has 0 saturated carbocycles. The fourth-order valence-corrected chi connectivity index (χ4v) is 2.83. The fourth-order valence-electron chi connectivity index (χ4n) is 2.03. The zero-order valence-corrected chi connectivity index (χ0v) is 12.6. The predicted molar refractivity (Wildman–Crippen MR) is 86.4 cm³/mol. The molecule has 0 radical (unpaired) electrons. The van der Waals surface area contributed by atoms with E-state index >= 15 is 0 Å². The molecule has 0 unspecified atom stereocenters. The molecule has 3 rings (SSSR count). The Morgan fingerprint density at radius 1 is 1.43 bits per heavy atom. The molecule has 1 aromatic carbocycles. The predicted octanol–water partition coefficient (Wildman–Crippen LogP) is 2.26. The van der Waals surface area contributed by atoms with E-state index in [4.69, 9.17) is 0 Å². The first-order valence-corrected chi connectivity index (χ1v) is 7.34. The number of nitrogens with zero attached hydrogens (tertiary/aromatic N) is 4. The summed E-state index contributed by atoms with van der Waals surface area (Å²) in [5.41, 5.74) is -0.353. The van der Waals surface area contributed by atoms with E-state index in [1.54, 1.807) is 18.4 Å². The molecule has 0 atom stereocenters. The van der Waals surface area contributed by atoms with E-state index < -0.39 is 16.4 Å². The smallest absolute Gasteiger partial charge is 0.311 e. The summed E-state index contributed by atoms with van der Waals surface area (Å²) in [4.78, 5) is 27.4. The number of hydrogen-bond acceptors (Lipinski definition) is 7. The summed E-state index contributed by atoms with van der Waals surface area (Å²) in [6, 6.07) is 5.51. The number of hydrogen-bond donors (Lipinski definition) is 1. The van der Waals surface area contributed by atoms with Crippen LogP contribution in [0.15, 0.2) is 39.5 Å². The number of nitro benzene ring substituents is 1. The van der Waals surface area contributed by atoms with Crippen LogP contribution in [0.4, 0.5) is 5.69 Å². The van der Waals surface area contributed by atoms with Crippen molar-refractivity contribution in [2.75, 3.05) is 0 Å². The molecule has 3 aromatic rings. The molecule has 0 spiro atoms. The van der Waals surface area contributed by atoms with E-state index in [1.165, 1.54) is 35.8 Å². The molecular formula is C14H10N4O4S. The molecule has 0 fully saturated rings. The molecule has 116 valence electrons. The molecule has 2 aromatic heterocycles. The van der Waals surface area contributed by atoms with Gasteiger partial charge in [0.05, 0.1) is 16.5 Å². The van der Waals surface area contributed by atoms with Crippen LogP contribution < -0.4 is 5.56 Å². The number of benzene rings is 1. The van der Waals surface area contributed by atoms with Gasteiger partial charge in [-0.2, -0.15) is 9.78 Å². The number of rotatable bonds is 3. The summed E-state index contributed by atoms with van der Waals surface area (Å²) in [7, 11) is 0. The third kappa shape index (κ3) is 2.69. The van der Waals surface area contributed by atoms with Gasteiger partial charge in [-0.25, -0.2) is 4.98 Å². The van der Waals surface area contributed by atoms with Gasteiger partial charge in [0.1, 0.15) is 10.7 Å². The van der Waals surface area contributed by atoms with E-state index in [0.29, 0.717) is 21.6 Å². The lowest BCUT2D eigenvalue weighted by molar-refractivity contribution is -0.385. The van der Waals surface area contributed by atoms with Crippen molar-refractivity contribution < 1.29 is 10.0 Å². The average molecular weight is 330 g/mol. The SMILES string of the molecule is Cc1nc2sccc2c(=O)n1/N=C\c1ccc(O)c([N+](=O)[O-])c1. The zero-order chi connectivity index (χ0) is 16.6. The summed E-state index contributed by atoms with van der Waals surface area (Å²) in [6.07, 6.45) is 1.31. The van der Waals surface area contributed by atoms with Gasteiger partial charge in [-0.1, -0.05) is 0 Å². The molecule has 9 heteroatoms. The Morgan fingerprint density at radius 3 is 2.96 bits per heavy atom. The van der Waals surface area contributed by atoms with E-state index in [0.717, 1.165) is 4.68 Å². The molecule has 0 aliphatic rings. The standard InChI is InChI=1S/C14H10N4O4S/c1-8-16-13-10(4-5-23-13)14(20)17(8)15-7-9-2-3-12(19)11(6-9)18(21)22/h2-7,19H,1H3/b15-7-. The van der Waals surface area contributed by atoms with Gasteiger partial charge in [0.15, 0.2) is 5.75 Å². The van der Waals surface area contributed by atoms with Gasteiger partial charge in [0.2, 0.25) is 0 Å². The summed E-state index contributed by atoms with van der Waals surface area (Å²) in [5, 5.41) is 26.5. The van der Waals surface area contributed by atoms with E-state index in [-0.39, 0.29) is 5.56 Å². The first kappa shape index (κ1) is 14.9. The third-order valence-corrected chi connectivity index (χ3v) is 3.96. The number of fused-ring (bicyclic) bond motifs is 1. The van der Waals surface area contributed by atoms with Gasteiger partial charge in [-0.15, -0.1) is 11.3 Å². The maximum Gasteiger partial charge on any atom is 0.311 e. The molecule has 2 heterocycles. The van der Waals surface area contributed by atoms with Crippen LogP contribution in [-0.2, 0) is 0 Å². The number of aromatic nitrogens is 2. The van der Waals surface area contributed by atoms with Crippen LogP contribution in [0.5, 0.6) is 5.75 Å². The highest BCUT2D eigenvalue weighted by atomic mass is 32.1. The lowest BCUT2D eigenvalue weighted by Crippen LogP contribution is -2.19. The molecule has 0 saturated heterocycles. The molecule has 8 nitrogen and oxygen atoms in total. The van der Waals surface area contributed by atoms with Gasteiger partial charge in [0.25, 0.3) is 5.56 Å². The van der Waals surface area contributed by atoms with Gasteiger partial charge in [-0.3, -0.25) is 14.9 Å². The summed E-state index contributed by atoms with van der Waals surface area (Å²) in [6.45, 7) is 1.65. The van der Waals surface area contributed by atoms with Crippen LogP contribution in [0.1, 0.15) is 11.4 Å². The van der Waals surface area contributed by atoms with Crippen molar-refractivity contribution in [3.05, 3.63) is 61.5 Å². The Morgan fingerprint density at radius 2 is 2.22 bits per heavy atom.